The number of para-hydroxylation sites is 1. The summed E-state index contributed by atoms with van der Waals surface area (Å²) in [5.74, 6) is -0.0827. The predicted octanol–water partition coefficient (Wildman–Crippen LogP) is 3.54. The van der Waals surface area contributed by atoms with Gasteiger partial charge in [-0.1, -0.05) is 32.0 Å². The fourth-order valence-electron chi connectivity index (χ4n) is 1.65. The summed E-state index contributed by atoms with van der Waals surface area (Å²) in [7, 11) is 0. The van der Waals surface area contributed by atoms with Gasteiger partial charge in [0.2, 0.25) is 0 Å². The highest BCUT2D eigenvalue weighted by Crippen LogP contribution is 2.26. The summed E-state index contributed by atoms with van der Waals surface area (Å²) >= 11 is 1.18. The van der Waals surface area contributed by atoms with Crippen LogP contribution in [-0.2, 0) is 6.61 Å². The van der Waals surface area contributed by atoms with E-state index in [0.717, 1.165) is 5.75 Å². The van der Waals surface area contributed by atoms with Gasteiger partial charge in [0.15, 0.2) is 0 Å². The first kappa shape index (κ1) is 13.5. The van der Waals surface area contributed by atoms with Crippen LogP contribution in [0.2, 0.25) is 0 Å². The maximum Gasteiger partial charge on any atom is 0.347 e. The number of carboxylic acid groups (broad SMARTS) is 1. The van der Waals surface area contributed by atoms with E-state index in [1.54, 1.807) is 0 Å². The Morgan fingerprint density at radius 2 is 2.05 bits per heavy atom. The molecule has 0 atom stereocenters. The van der Waals surface area contributed by atoms with E-state index < -0.39 is 5.97 Å². The minimum atomic E-state index is -0.924. The lowest BCUT2D eigenvalue weighted by Crippen LogP contribution is -2.00. The topological polar surface area (TPSA) is 59.4 Å². The predicted molar refractivity (Wildman–Crippen MR) is 73.9 cm³/mol. The Hall–Kier alpha value is -1.88. The number of aromatic carboxylic acids is 1. The number of aromatic nitrogens is 1. The van der Waals surface area contributed by atoms with Crippen LogP contribution in [0.25, 0.3) is 0 Å². The van der Waals surface area contributed by atoms with E-state index in [1.165, 1.54) is 11.3 Å². The Labute approximate surface area is 115 Å². The lowest BCUT2D eigenvalue weighted by Gasteiger charge is -2.03. The first-order valence-corrected chi connectivity index (χ1v) is 6.80. The molecule has 0 unspecified atom stereocenters. The SMILES string of the molecule is CC(C)c1nc(COc2ccccc2)sc1C(=O)O. The van der Waals surface area contributed by atoms with Crippen molar-refractivity contribution >= 4 is 17.3 Å². The van der Waals surface area contributed by atoms with Gasteiger partial charge >= 0.3 is 5.97 Å². The van der Waals surface area contributed by atoms with Gasteiger partial charge in [-0.3, -0.25) is 0 Å². The largest absolute Gasteiger partial charge is 0.486 e. The number of carboxylic acids is 1. The Morgan fingerprint density at radius 3 is 2.58 bits per heavy atom. The van der Waals surface area contributed by atoms with Crippen molar-refractivity contribution in [3.8, 4) is 5.75 Å². The minimum Gasteiger partial charge on any atom is -0.486 e. The first-order valence-electron chi connectivity index (χ1n) is 5.98. The second kappa shape index (κ2) is 5.84. The minimum absolute atomic E-state index is 0.0906. The average Bonchev–Trinajstić information content (AvgIpc) is 2.82. The summed E-state index contributed by atoms with van der Waals surface area (Å²) in [6.07, 6.45) is 0. The van der Waals surface area contributed by atoms with Crippen LogP contribution >= 0.6 is 11.3 Å². The molecule has 2 aromatic rings. The maximum absolute atomic E-state index is 11.1. The Morgan fingerprint density at radius 1 is 1.37 bits per heavy atom. The molecule has 0 fully saturated rings. The molecule has 19 heavy (non-hydrogen) atoms. The van der Waals surface area contributed by atoms with Crippen molar-refractivity contribution in [3.05, 3.63) is 45.9 Å². The third-order valence-electron chi connectivity index (χ3n) is 2.54. The van der Waals surface area contributed by atoms with Crippen LogP contribution in [0.4, 0.5) is 0 Å². The van der Waals surface area contributed by atoms with Gasteiger partial charge in [0.05, 0.1) is 5.69 Å². The smallest absolute Gasteiger partial charge is 0.347 e. The van der Waals surface area contributed by atoms with E-state index in [9.17, 15) is 4.79 Å². The van der Waals surface area contributed by atoms with Crippen molar-refractivity contribution in [2.24, 2.45) is 0 Å². The molecule has 0 radical (unpaired) electrons. The normalized spacial score (nSPS) is 10.7. The number of thiazole rings is 1. The molecular weight excluding hydrogens is 262 g/mol. The molecule has 0 aliphatic heterocycles. The molecule has 100 valence electrons. The van der Waals surface area contributed by atoms with Gasteiger partial charge in [0.1, 0.15) is 22.2 Å². The highest BCUT2D eigenvalue weighted by Gasteiger charge is 2.19. The number of hydrogen-bond donors (Lipinski definition) is 1. The fraction of sp³-hybridized carbons (Fsp3) is 0.286. The first-order chi connectivity index (χ1) is 9.08. The number of rotatable bonds is 5. The van der Waals surface area contributed by atoms with Crippen molar-refractivity contribution in [2.45, 2.75) is 26.4 Å². The zero-order valence-corrected chi connectivity index (χ0v) is 11.6. The van der Waals surface area contributed by atoms with Crippen molar-refractivity contribution in [2.75, 3.05) is 0 Å². The van der Waals surface area contributed by atoms with Gasteiger partial charge in [-0.25, -0.2) is 9.78 Å². The second-order valence-electron chi connectivity index (χ2n) is 4.38. The summed E-state index contributed by atoms with van der Waals surface area (Å²) in [4.78, 5) is 15.8. The molecule has 0 saturated carbocycles. The van der Waals surface area contributed by atoms with E-state index in [2.05, 4.69) is 4.98 Å². The van der Waals surface area contributed by atoms with Gasteiger partial charge in [0.25, 0.3) is 0 Å². The molecule has 1 heterocycles. The molecule has 0 aliphatic carbocycles. The number of carbonyl (C=O) groups is 1. The molecule has 4 nitrogen and oxygen atoms in total. The van der Waals surface area contributed by atoms with E-state index in [4.69, 9.17) is 9.84 Å². The zero-order chi connectivity index (χ0) is 13.8. The van der Waals surface area contributed by atoms with Crippen LogP contribution in [-0.4, -0.2) is 16.1 Å². The second-order valence-corrected chi connectivity index (χ2v) is 5.47. The molecule has 0 spiro atoms. The third kappa shape index (κ3) is 3.32. The Kier molecular flexibility index (Phi) is 4.16. The molecule has 0 saturated heterocycles. The number of nitrogens with zero attached hydrogens (tertiary/aromatic N) is 1. The molecule has 1 aromatic heterocycles. The van der Waals surface area contributed by atoms with Crippen LogP contribution in [0.1, 0.15) is 40.1 Å². The molecule has 0 bridgehead atoms. The van der Waals surface area contributed by atoms with Crippen LogP contribution in [0.15, 0.2) is 30.3 Å². The fourth-order valence-corrected chi connectivity index (χ4v) is 2.62. The highest BCUT2D eigenvalue weighted by molar-refractivity contribution is 7.13. The van der Waals surface area contributed by atoms with Gasteiger partial charge in [-0.2, -0.15) is 0 Å². The van der Waals surface area contributed by atoms with Gasteiger partial charge in [-0.15, -0.1) is 11.3 Å². The van der Waals surface area contributed by atoms with Crippen LogP contribution < -0.4 is 4.74 Å². The van der Waals surface area contributed by atoms with Crippen LogP contribution in [0, 0.1) is 0 Å². The zero-order valence-electron chi connectivity index (χ0n) is 10.8. The standard InChI is InChI=1S/C14H15NO3S/c1-9(2)12-13(14(16)17)19-11(15-12)8-18-10-6-4-3-5-7-10/h3-7,9H,8H2,1-2H3,(H,16,17). The number of ether oxygens (including phenoxy) is 1. The summed E-state index contributed by atoms with van der Waals surface area (Å²) in [5, 5.41) is 9.83. The highest BCUT2D eigenvalue weighted by atomic mass is 32.1. The lowest BCUT2D eigenvalue weighted by atomic mass is 10.1. The summed E-state index contributed by atoms with van der Waals surface area (Å²) in [6.45, 7) is 4.16. The number of hydrogen-bond acceptors (Lipinski definition) is 4. The Bertz CT molecular complexity index is 563. The monoisotopic (exact) mass is 277 g/mol. The number of benzene rings is 1. The van der Waals surface area contributed by atoms with E-state index in [0.29, 0.717) is 22.2 Å². The third-order valence-corrected chi connectivity index (χ3v) is 3.58. The van der Waals surface area contributed by atoms with Crippen molar-refractivity contribution in [1.82, 2.24) is 4.98 Å². The molecular formula is C14H15NO3S. The molecule has 0 aliphatic rings. The van der Waals surface area contributed by atoms with Gasteiger partial charge < -0.3 is 9.84 Å². The van der Waals surface area contributed by atoms with Crippen LogP contribution in [0.3, 0.4) is 0 Å². The van der Waals surface area contributed by atoms with Crippen molar-refractivity contribution < 1.29 is 14.6 Å². The lowest BCUT2D eigenvalue weighted by molar-refractivity contribution is 0.0700. The van der Waals surface area contributed by atoms with Gasteiger partial charge in [0, 0.05) is 0 Å². The Balaban J connectivity index is 2.13. The molecule has 2 rings (SSSR count). The maximum atomic E-state index is 11.1. The van der Waals surface area contributed by atoms with E-state index in [-0.39, 0.29) is 5.92 Å². The van der Waals surface area contributed by atoms with E-state index >= 15 is 0 Å². The van der Waals surface area contributed by atoms with E-state index in [1.807, 2.05) is 44.2 Å². The molecule has 1 aromatic carbocycles. The van der Waals surface area contributed by atoms with Crippen molar-refractivity contribution in [1.29, 1.82) is 0 Å². The molecule has 5 heteroatoms. The quantitative estimate of drug-likeness (QED) is 0.908. The molecule has 0 amide bonds. The average molecular weight is 277 g/mol. The summed E-state index contributed by atoms with van der Waals surface area (Å²) in [6, 6.07) is 9.40. The van der Waals surface area contributed by atoms with Crippen molar-refractivity contribution in [3.63, 3.8) is 0 Å². The summed E-state index contributed by atoms with van der Waals surface area (Å²) in [5.41, 5.74) is 0.629. The summed E-state index contributed by atoms with van der Waals surface area (Å²) < 4.78 is 5.57. The van der Waals surface area contributed by atoms with Gasteiger partial charge in [-0.05, 0) is 18.1 Å². The molecule has 1 N–H and O–H groups in total. The van der Waals surface area contributed by atoms with Crippen LogP contribution in [0.5, 0.6) is 5.75 Å².